The third kappa shape index (κ3) is 5.46. The fraction of sp³-hybridized carbons (Fsp3) is 0.700. The summed E-state index contributed by atoms with van der Waals surface area (Å²) in [6.07, 6.45) is 1.18. The van der Waals surface area contributed by atoms with E-state index in [0.717, 1.165) is 26.3 Å². The second kappa shape index (κ2) is 8.52. The van der Waals surface area contributed by atoms with Crippen LogP contribution in [0.1, 0.15) is 0 Å². The largest absolute Gasteiger partial charge is 0.461 e. The molecule has 0 amide bonds. The van der Waals surface area contributed by atoms with E-state index in [9.17, 15) is 4.79 Å². The number of hydrazine groups is 1. The van der Waals surface area contributed by atoms with Crippen molar-refractivity contribution < 1.29 is 14.3 Å². The predicted octanol–water partition coefficient (Wildman–Crippen LogP) is 0.316. The van der Waals surface area contributed by atoms with Gasteiger partial charge in [0.05, 0.1) is 13.2 Å². The molecule has 5 nitrogen and oxygen atoms in total. The number of rotatable bonds is 5. The van der Waals surface area contributed by atoms with Gasteiger partial charge in [0.25, 0.3) is 0 Å². The summed E-state index contributed by atoms with van der Waals surface area (Å²) < 4.78 is 10.1. The van der Waals surface area contributed by atoms with Gasteiger partial charge in [0, 0.05) is 32.8 Å². The van der Waals surface area contributed by atoms with Gasteiger partial charge in [-0.3, -0.25) is 0 Å². The van der Waals surface area contributed by atoms with Gasteiger partial charge in [0.1, 0.15) is 6.61 Å². The first-order valence-corrected chi connectivity index (χ1v) is 5.07. The molecule has 0 aromatic carbocycles. The second-order valence-electron chi connectivity index (χ2n) is 3.32. The first kappa shape index (κ1) is 15.4. The first-order valence-electron chi connectivity index (χ1n) is 5.07. The minimum absolute atomic E-state index is 0. The van der Waals surface area contributed by atoms with Gasteiger partial charge >= 0.3 is 5.97 Å². The molecular weight excluding hydrogens is 232 g/mol. The van der Waals surface area contributed by atoms with Crippen molar-refractivity contribution in [3.8, 4) is 0 Å². The molecule has 0 aromatic rings. The molecule has 0 saturated carbocycles. The van der Waals surface area contributed by atoms with Crippen LogP contribution in [0.3, 0.4) is 0 Å². The van der Waals surface area contributed by atoms with E-state index in [1.807, 2.05) is 7.05 Å². The first-order chi connectivity index (χ1) is 7.24. The molecule has 1 aliphatic rings. The number of hydrogen-bond donors (Lipinski definition) is 0. The summed E-state index contributed by atoms with van der Waals surface area (Å²) in [6.45, 7) is 7.73. The van der Waals surface area contributed by atoms with E-state index >= 15 is 0 Å². The van der Waals surface area contributed by atoms with Crippen LogP contribution < -0.4 is 0 Å². The summed E-state index contributed by atoms with van der Waals surface area (Å²) in [5.74, 6) is -0.370. The van der Waals surface area contributed by atoms with Gasteiger partial charge in [-0.05, 0) is 0 Å². The number of esters is 1. The maximum Gasteiger partial charge on any atom is 0.330 e. The highest BCUT2D eigenvalue weighted by Gasteiger charge is 2.14. The maximum absolute atomic E-state index is 10.8. The zero-order valence-electron chi connectivity index (χ0n) is 9.55. The van der Waals surface area contributed by atoms with Crippen LogP contribution in [0.2, 0.25) is 0 Å². The van der Waals surface area contributed by atoms with Crippen molar-refractivity contribution >= 4 is 18.4 Å². The Hall–Kier alpha value is -0.620. The highest BCUT2D eigenvalue weighted by molar-refractivity contribution is 5.85. The molecule has 1 heterocycles. The molecular formula is C10H19ClN2O3. The Morgan fingerprint density at radius 3 is 2.75 bits per heavy atom. The Balaban J connectivity index is 0.00000225. The fourth-order valence-corrected chi connectivity index (χ4v) is 1.37. The number of carbonyl (C=O) groups excluding carboxylic acids is 1. The molecule has 16 heavy (non-hydrogen) atoms. The quantitative estimate of drug-likeness (QED) is 0.519. The van der Waals surface area contributed by atoms with Gasteiger partial charge in [0.15, 0.2) is 0 Å². The Morgan fingerprint density at radius 1 is 1.56 bits per heavy atom. The number of morpholine rings is 1. The van der Waals surface area contributed by atoms with E-state index in [-0.39, 0.29) is 18.4 Å². The van der Waals surface area contributed by atoms with Gasteiger partial charge in [-0.25, -0.2) is 14.8 Å². The normalized spacial score (nSPS) is 16.6. The average Bonchev–Trinajstić information content (AvgIpc) is 2.29. The number of ether oxygens (including phenoxy) is 2. The predicted molar refractivity (Wildman–Crippen MR) is 63.4 cm³/mol. The minimum atomic E-state index is -0.370. The van der Waals surface area contributed by atoms with Crippen molar-refractivity contribution in [2.24, 2.45) is 0 Å². The number of hydrogen-bond acceptors (Lipinski definition) is 5. The molecule has 6 heteroatoms. The summed E-state index contributed by atoms with van der Waals surface area (Å²) in [5.41, 5.74) is 0. The lowest BCUT2D eigenvalue weighted by atomic mass is 10.5. The number of carbonyl (C=O) groups is 1. The Morgan fingerprint density at radius 2 is 2.19 bits per heavy atom. The van der Waals surface area contributed by atoms with Crippen molar-refractivity contribution in [1.29, 1.82) is 0 Å². The van der Waals surface area contributed by atoms with E-state index in [2.05, 4.69) is 16.6 Å². The highest BCUT2D eigenvalue weighted by Crippen LogP contribution is 2.00. The lowest BCUT2D eigenvalue weighted by Gasteiger charge is -2.34. The third-order valence-corrected chi connectivity index (χ3v) is 2.30. The van der Waals surface area contributed by atoms with Crippen LogP contribution in [0, 0.1) is 0 Å². The van der Waals surface area contributed by atoms with Crippen molar-refractivity contribution in [3.05, 3.63) is 12.7 Å². The maximum atomic E-state index is 10.8. The van der Waals surface area contributed by atoms with Crippen LogP contribution in [0.15, 0.2) is 12.7 Å². The number of likely N-dealkylation sites (N-methyl/N-ethyl adjacent to an activating group) is 1. The van der Waals surface area contributed by atoms with Crippen LogP contribution in [0.25, 0.3) is 0 Å². The lowest BCUT2D eigenvalue weighted by molar-refractivity contribution is -0.140. The topological polar surface area (TPSA) is 42.0 Å². The molecule has 0 N–H and O–H groups in total. The van der Waals surface area contributed by atoms with Gasteiger partial charge in [-0.15, -0.1) is 12.4 Å². The summed E-state index contributed by atoms with van der Waals surface area (Å²) >= 11 is 0. The van der Waals surface area contributed by atoms with Crippen molar-refractivity contribution in [2.75, 3.05) is 46.5 Å². The standard InChI is InChI=1S/C10H18N2O3.ClH/c1-3-10(13)15-9-4-11(2)12-5-7-14-8-6-12;/h3H,1,4-9H2,2H3;1H. The van der Waals surface area contributed by atoms with Gasteiger partial charge in [0.2, 0.25) is 0 Å². The summed E-state index contributed by atoms with van der Waals surface area (Å²) in [6, 6.07) is 0. The van der Waals surface area contributed by atoms with E-state index in [0.29, 0.717) is 13.2 Å². The minimum Gasteiger partial charge on any atom is -0.461 e. The molecule has 94 valence electrons. The molecule has 0 radical (unpaired) electrons. The summed E-state index contributed by atoms with van der Waals surface area (Å²) in [4.78, 5) is 10.8. The monoisotopic (exact) mass is 250 g/mol. The SMILES string of the molecule is C=CC(=O)OCCN(C)N1CCOCC1.Cl. The molecule has 0 bridgehead atoms. The average molecular weight is 251 g/mol. The Labute approximate surface area is 102 Å². The number of nitrogens with zero attached hydrogens (tertiary/aromatic N) is 2. The van der Waals surface area contributed by atoms with Crippen LogP contribution in [0.4, 0.5) is 0 Å². The molecule has 1 saturated heterocycles. The van der Waals surface area contributed by atoms with E-state index in [1.165, 1.54) is 6.08 Å². The lowest BCUT2D eigenvalue weighted by Crippen LogP contribution is -2.47. The fourth-order valence-electron chi connectivity index (χ4n) is 1.37. The summed E-state index contributed by atoms with van der Waals surface area (Å²) in [5, 5.41) is 4.24. The molecule has 0 aliphatic carbocycles. The molecule has 0 spiro atoms. The van der Waals surface area contributed by atoms with Crippen molar-refractivity contribution in [3.63, 3.8) is 0 Å². The van der Waals surface area contributed by atoms with Crippen LogP contribution in [-0.4, -0.2) is 62.5 Å². The molecule has 1 rings (SSSR count). The zero-order valence-corrected chi connectivity index (χ0v) is 10.4. The van der Waals surface area contributed by atoms with Crippen LogP contribution in [-0.2, 0) is 14.3 Å². The molecule has 1 aliphatic heterocycles. The molecule has 0 unspecified atom stereocenters. The second-order valence-corrected chi connectivity index (χ2v) is 3.32. The zero-order chi connectivity index (χ0) is 11.1. The third-order valence-electron chi connectivity index (χ3n) is 2.30. The van der Waals surface area contributed by atoms with Gasteiger partial charge in [-0.2, -0.15) is 0 Å². The molecule has 1 fully saturated rings. The van der Waals surface area contributed by atoms with Crippen LogP contribution >= 0.6 is 12.4 Å². The van der Waals surface area contributed by atoms with Gasteiger partial charge < -0.3 is 9.47 Å². The van der Waals surface area contributed by atoms with Crippen LogP contribution in [0.5, 0.6) is 0 Å². The Kier molecular flexibility index (Phi) is 8.19. The van der Waals surface area contributed by atoms with E-state index in [4.69, 9.17) is 9.47 Å². The van der Waals surface area contributed by atoms with Crippen molar-refractivity contribution in [2.45, 2.75) is 0 Å². The Bertz CT molecular complexity index is 220. The smallest absolute Gasteiger partial charge is 0.330 e. The molecule has 0 atom stereocenters. The molecule has 0 aromatic heterocycles. The number of halogens is 1. The van der Waals surface area contributed by atoms with E-state index in [1.54, 1.807) is 0 Å². The summed E-state index contributed by atoms with van der Waals surface area (Å²) in [7, 11) is 1.98. The highest BCUT2D eigenvalue weighted by atomic mass is 35.5. The van der Waals surface area contributed by atoms with Gasteiger partial charge in [-0.1, -0.05) is 6.58 Å². The van der Waals surface area contributed by atoms with Crippen molar-refractivity contribution in [1.82, 2.24) is 10.0 Å². The van der Waals surface area contributed by atoms with E-state index < -0.39 is 0 Å².